The number of fused-ring (bicyclic) bond motifs is 6. The van der Waals surface area contributed by atoms with Gasteiger partial charge in [0.25, 0.3) is 0 Å². The zero-order valence-corrected chi connectivity index (χ0v) is 29.9. The van der Waals surface area contributed by atoms with E-state index in [1.165, 1.54) is 94.3 Å². The zero-order valence-electron chi connectivity index (χ0n) is 29.9. The summed E-state index contributed by atoms with van der Waals surface area (Å²) >= 11 is 0. The quantitative estimate of drug-likeness (QED) is 0.185. The van der Waals surface area contributed by atoms with Crippen LogP contribution in [0.4, 0.5) is 11.4 Å². The van der Waals surface area contributed by atoms with Gasteiger partial charge in [0.15, 0.2) is 0 Å². The van der Waals surface area contributed by atoms with Crippen LogP contribution in [0.3, 0.4) is 0 Å². The van der Waals surface area contributed by atoms with Crippen LogP contribution in [0.5, 0.6) is 0 Å². The van der Waals surface area contributed by atoms with Crippen molar-refractivity contribution in [3.05, 3.63) is 198 Å². The van der Waals surface area contributed by atoms with E-state index in [2.05, 4.69) is 200 Å². The standard InChI is InChI=1S/C51H38N2/c1-33-29-46-42-18-10-9-15-38(42)30-44(46)34(2)51(33)48-32-50-47(43-19-11-12-20-49(43)53(50)41-16-7-4-8-17-41)31-45(48)37-23-27-40(28-24-37)52-39-25-21-36(22-26-39)35-13-5-3-6-14-35/h3-29,31-32,52H,30H2,1-2H3. The Kier molecular flexibility index (Phi) is 7.37. The number of nitrogens with one attached hydrogen (secondary N) is 1. The third-order valence-corrected chi connectivity index (χ3v) is 11.2. The average Bonchev–Trinajstić information content (AvgIpc) is 3.74. The lowest BCUT2D eigenvalue weighted by Crippen LogP contribution is -1.98. The van der Waals surface area contributed by atoms with Crippen LogP contribution < -0.4 is 5.32 Å². The molecule has 0 bridgehead atoms. The summed E-state index contributed by atoms with van der Waals surface area (Å²) in [7, 11) is 0. The molecule has 8 aromatic carbocycles. The fourth-order valence-corrected chi connectivity index (χ4v) is 8.63. The molecule has 1 aliphatic carbocycles. The van der Waals surface area contributed by atoms with Gasteiger partial charge in [-0.15, -0.1) is 0 Å². The highest BCUT2D eigenvalue weighted by Crippen LogP contribution is 2.47. The smallest absolute Gasteiger partial charge is 0.0547 e. The highest BCUT2D eigenvalue weighted by molar-refractivity contribution is 6.13. The Labute approximate surface area is 310 Å². The van der Waals surface area contributed by atoms with Crippen LogP contribution in [0.25, 0.3) is 72.0 Å². The predicted octanol–water partition coefficient (Wildman–Crippen LogP) is 13.7. The molecule has 0 unspecified atom stereocenters. The van der Waals surface area contributed by atoms with E-state index in [4.69, 9.17) is 0 Å². The Morgan fingerprint density at radius 3 is 1.83 bits per heavy atom. The van der Waals surface area contributed by atoms with Crippen molar-refractivity contribution >= 4 is 33.2 Å². The minimum absolute atomic E-state index is 0.971. The molecule has 2 nitrogen and oxygen atoms in total. The van der Waals surface area contributed by atoms with Crippen LogP contribution in [0.15, 0.2) is 176 Å². The van der Waals surface area contributed by atoms with E-state index in [1.54, 1.807) is 0 Å². The van der Waals surface area contributed by atoms with Gasteiger partial charge in [-0.05, 0) is 142 Å². The van der Waals surface area contributed by atoms with Crippen molar-refractivity contribution in [2.45, 2.75) is 20.3 Å². The number of hydrogen-bond donors (Lipinski definition) is 1. The molecule has 10 rings (SSSR count). The van der Waals surface area contributed by atoms with Crippen LogP contribution in [0.2, 0.25) is 0 Å². The Morgan fingerprint density at radius 2 is 1.08 bits per heavy atom. The average molecular weight is 679 g/mol. The second kappa shape index (κ2) is 12.5. The lowest BCUT2D eigenvalue weighted by molar-refractivity contribution is 1.18. The highest BCUT2D eigenvalue weighted by Gasteiger charge is 2.25. The Bertz CT molecular complexity index is 2810. The largest absolute Gasteiger partial charge is 0.356 e. The van der Waals surface area contributed by atoms with Crippen LogP contribution in [0, 0.1) is 13.8 Å². The maximum Gasteiger partial charge on any atom is 0.0547 e. The maximum absolute atomic E-state index is 3.63. The van der Waals surface area contributed by atoms with Crippen LogP contribution in [-0.4, -0.2) is 4.57 Å². The predicted molar refractivity (Wildman–Crippen MR) is 225 cm³/mol. The van der Waals surface area contributed by atoms with Crippen LogP contribution >= 0.6 is 0 Å². The van der Waals surface area contributed by atoms with E-state index in [9.17, 15) is 0 Å². The molecular formula is C51H38N2. The summed E-state index contributed by atoms with van der Waals surface area (Å²) in [6.45, 7) is 4.63. The molecule has 1 N–H and O–H groups in total. The first kappa shape index (κ1) is 31.1. The zero-order chi connectivity index (χ0) is 35.5. The van der Waals surface area contributed by atoms with Gasteiger partial charge in [0.1, 0.15) is 0 Å². The molecule has 1 heterocycles. The number of aromatic nitrogens is 1. The molecule has 0 radical (unpaired) electrons. The van der Waals surface area contributed by atoms with E-state index >= 15 is 0 Å². The molecule has 2 heteroatoms. The Balaban J connectivity index is 1.13. The third-order valence-electron chi connectivity index (χ3n) is 11.2. The molecule has 252 valence electrons. The van der Waals surface area contributed by atoms with Crippen molar-refractivity contribution in [3.8, 4) is 50.2 Å². The molecule has 1 aliphatic rings. The molecule has 0 aliphatic heterocycles. The molecule has 0 saturated carbocycles. The summed E-state index contributed by atoms with van der Waals surface area (Å²) in [4.78, 5) is 0. The fourth-order valence-electron chi connectivity index (χ4n) is 8.63. The topological polar surface area (TPSA) is 17.0 Å². The summed E-state index contributed by atoms with van der Waals surface area (Å²) < 4.78 is 2.43. The van der Waals surface area contributed by atoms with Gasteiger partial charge in [0.05, 0.1) is 11.0 Å². The number of para-hydroxylation sites is 2. The number of benzene rings is 8. The number of aryl methyl sites for hydroxylation is 1. The van der Waals surface area contributed by atoms with Gasteiger partial charge in [0.2, 0.25) is 0 Å². The second-order valence-electron chi connectivity index (χ2n) is 14.3. The van der Waals surface area contributed by atoms with Gasteiger partial charge in [-0.3, -0.25) is 0 Å². The molecule has 9 aromatic rings. The molecule has 53 heavy (non-hydrogen) atoms. The molecule has 0 spiro atoms. The van der Waals surface area contributed by atoms with E-state index < -0.39 is 0 Å². The van der Waals surface area contributed by atoms with Crippen molar-refractivity contribution in [1.82, 2.24) is 4.57 Å². The van der Waals surface area contributed by atoms with Crippen molar-refractivity contribution in [1.29, 1.82) is 0 Å². The van der Waals surface area contributed by atoms with Gasteiger partial charge in [-0.2, -0.15) is 0 Å². The van der Waals surface area contributed by atoms with E-state index in [0.29, 0.717) is 0 Å². The number of hydrogen-bond acceptors (Lipinski definition) is 1. The van der Waals surface area contributed by atoms with Gasteiger partial charge in [0, 0.05) is 27.8 Å². The number of anilines is 2. The lowest BCUT2D eigenvalue weighted by atomic mass is 9.85. The third kappa shape index (κ3) is 5.26. The number of nitrogens with zero attached hydrogens (tertiary/aromatic N) is 1. The first-order valence-corrected chi connectivity index (χ1v) is 18.5. The molecular weight excluding hydrogens is 641 g/mol. The van der Waals surface area contributed by atoms with Crippen molar-refractivity contribution in [3.63, 3.8) is 0 Å². The van der Waals surface area contributed by atoms with Gasteiger partial charge in [-0.25, -0.2) is 0 Å². The minimum Gasteiger partial charge on any atom is -0.356 e. The first-order chi connectivity index (χ1) is 26.1. The minimum atomic E-state index is 0.971. The van der Waals surface area contributed by atoms with Crippen molar-refractivity contribution < 1.29 is 0 Å². The van der Waals surface area contributed by atoms with Gasteiger partial charge in [-0.1, -0.05) is 121 Å². The van der Waals surface area contributed by atoms with Crippen molar-refractivity contribution in [2.24, 2.45) is 0 Å². The molecule has 0 saturated heterocycles. The molecule has 1 aromatic heterocycles. The first-order valence-electron chi connectivity index (χ1n) is 18.5. The lowest BCUT2D eigenvalue weighted by Gasteiger charge is -2.20. The number of rotatable bonds is 6. The van der Waals surface area contributed by atoms with Gasteiger partial charge >= 0.3 is 0 Å². The maximum atomic E-state index is 3.63. The molecule has 0 fully saturated rings. The van der Waals surface area contributed by atoms with E-state index in [1.807, 2.05) is 0 Å². The van der Waals surface area contributed by atoms with E-state index in [0.717, 1.165) is 17.8 Å². The monoisotopic (exact) mass is 678 g/mol. The van der Waals surface area contributed by atoms with Gasteiger partial charge < -0.3 is 9.88 Å². The Morgan fingerprint density at radius 1 is 0.453 bits per heavy atom. The SMILES string of the molecule is Cc1cc2c(c(C)c1-c1cc3c(cc1-c1ccc(Nc4ccc(-c5ccccc5)cc4)cc1)c1ccccc1n3-c1ccccc1)Cc1ccccc1-2. The summed E-state index contributed by atoms with van der Waals surface area (Å²) in [5.74, 6) is 0. The molecule has 0 atom stereocenters. The highest BCUT2D eigenvalue weighted by atomic mass is 15.0. The Hall–Kier alpha value is -6.64. The van der Waals surface area contributed by atoms with Crippen molar-refractivity contribution in [2.75, 3.05) is 5.32 Å². The summed E-state index contributed by atoms with van der Waals surface area (Å²) in [6.07, 6.45) is 0.971. The summed E-state index contributed by atoms with van der Waals surface area (Å²) in [5.41, 5.74) is 21.5. The summed E-state index contributed by atoms with van der Waals surface area (Å²) in [6, 6.07) is 64.0. The van der Waals surface area contributed by atoms with Crippen LogP contribution in [-0.2, 0) is 6.42 Å². The van der Waals surface area contributed by atoms with E-state index in [-0.39, 0.29) is 0 Å². The van der Waals surface area contributed by atoms with Crippen LogP contribution in [0.1, 0.15) is 22.3 Å². The summed E-state index contributed by atoms with van der Waals surface area (Å²) in [5, 5.41) is 6.15. The second-order valence-corrected chi connectivity index (χ2v) is 14.3. The fraction of sp³-hybridized carbons (Fsp3) is 0.0588. The molecule has 0 amide bonds. The normalized spacial score (nSPS) is 11.9.